The van der Waals surface area contributed by atoms with Crippen molar-refractivity contribution in [1.82, 2.24) is 4.90 Å². The molecule has 1 saturated heterocycles. The van der Waals surface area contributed by atoms with Crippen molar-refractivity contribution in [2.75, 3.05) is 6.54 Å². The van der Waals surface area contributed by atoms with Crippen molar-refractivity contribution in [1.29, 1.82) is 0 Å². The van der Waals surface area contributed by atoms with Crippen LogP contribution in [-0.2, 0) is 0 Å². The molecule has 0 aromatic carbocycles. The minimum atomic E-state index is 0.328. The van der Waals surface area contributed by atoms with Crippen molar-refractivity contribution in [3.05, 3.63) is 0 Å². The molecule has 2 nitrogen and oxygen atoms in total. The standard InChI is InChI=1S/C12H26N2/c1-4-7-10(2)14-9-6-5-8-12(14)11(3)13/h10-12H,4-9,13H2,1-3H3. The quantitative estimate of drug-likeness (QED) is 0.751. The van der Waals surface area contributed by atoms with Crippen molar-refractivity contribution >= 4 is 0 Å². The molecule has 0 bridgehead atoms. The Morgan fingerprint density at radius 3 is 2.64 bits per heavy atom. The van der Waals surface area contributed by atoms with Crippen LogP contribution in [0, 0.1) is 0 Å². The summed E-state index contributed by atoms with van der Waals surface area (Å²) in [6, 6.07) is 1.68. The van der Waals surface area contributed by atoms with E-state index in [0.717, 1.165) is 6.04 Å². The Morgan fingerprint density at radius 1 is 1.36 bits per heavy atom. The van der Waals surface area contributed by atoms with Crippen LogP contribution in [0.15, 0.2) is 0 Å². The van der Waals surface area contributed by atoms with Crippen molar-refractivity contribution in [3.63, 3.8) is 0 Å². The Bertz CT molecular complexity index is 156. The van der Waals surface area contributed by atoms with E-state index in [-0.39, 0.29) is 0 Å². The lowest BCUT2D eigenvalue weighted by molar-refractivity contribution is 0.0845. The number of nitrogens with zero attached hydrogens (tertiary/aromatic N) is 1. The maximum absolute atomic E-state index is 6.05. The van der Waals surface area contributed by atoms with Crippen LogP contribution in [-0.4, -0.2) is 29.6 Å². The highest BCUT2D eigenvalue weighted by molar-refractivity contribution is 4.85. The molecule has 2 heteroatoms. The van der Waals surface area contributed by atoms with Gasteiger partial charge in [-0.2, -0.15) is 0 Å². The van der Waals surface area contributed by atoms with Gasteiger partial charge in [-0.15, -0.1) is 0 Å². The van der Waals surface area contributed by atoms with E-state index in [1.165, 1.54) is 38.6 Å². The van der Waals surface area contributed by atoms with E-state index in [2.05, 4.69) is 25.7 Å². The van der Waals surface area contributed by atoms with Crippen molar-refractivity contribution in [2.24, 2.45) is 5.73 Å². The van der Waals surface area contributed by atoms with E-state index in [0.29, 0.717) is 12.1 Å². The molecule has 0 radical (unpaired) electrons. The SMILES string of the molecule is CCCC(C)N1CCCCC1C(C)N. The zero-order valence-corrected chi connectivity index (χ0v) is 10.00. The maximum atomic E-state index is 6.05. The summed E-state index contributed by atoms with van der Waals surface area (Å²) in [5.74, 6) is 0. The molecule has 3 unspecified atom stereocenters. The summed E-state index contributed by atoms with van der Waals surface area (Å²) in [6.07, 6.45) is 6.61. The zero-order valence-electron chi connectivity index (χ0n) is 10.00. The average molecular weight is 198 g/mol. The summed E-state index contributed by atoms with van der Waals surface area (Å²) in [7, 11) is 0. The molecular weight excluding hydrogens is 172 g/mol. The number of piperidine rings is 1. The predicted molar refractivity (Wildman–Crippen MR) is 62.4 cm³/mol. The second kappa shape index (κ2) is 5.72. The van der Waals surface area contributed by atoms with E-state index < -0.39 is 0 Å². The molecule has 1 aliphatic rings. The third kappa shape index (κ3) is 2.96. The molecule has 1 fully saturated rings. The van der Waals surface area contributed by atoms with Crippen molar-refractivity contribution < 1.29 is 0 Å². The normalized spacial score (nSPS) is 28.7. The second-order valence-electron chi connectivity index (χ2n) is 4.80. The minimum absolute atomic E-state index is 0.328. The number of likely N-dealkylation sites (tertiary alicyclic amines) is 1. The van der Waals surface area contributed by atoms with Gasteiger partial charge in [0, 0.05) is 18.1 Å². The van der Waals surface area contributed by atoms with Gasteiger partial charge in [0.1, 0.15) is 0 Å². The molecule has 0 amide bonds. The van der Waals surface area contributed by atoms with Crippen LogP contribution in [0.4, 0.5) is 0 Å². The third-order valence-corrected chi connectivity index (χ3v) is 3.47. The van der Waals surface area contributed by atoms with Crippen molar-refractivity contribution in [3.8, 4) is 0 Å². The van der Waals surface area contributed by atoms with Crippen LogP contribution in [0.25, 0.3) is 0 Å². The van der Waals surface area contributed by atoms with Crippen LogP contribution >= 0.6 is 0 Å². The van der Waals surface area contributed by atoms with Crippen LogP contribution in [0.2, 0.25) is 0 Å². The average Bonchev–Trinajstić information content (AvgIpc) is 2.18. The number of hydrogen-bond donors (Lipinski definition) is 1. The number of nitrogens with two attached hydrogens (primary N) is 1. The molecule has 3 atom stereocenters. The minimum Gasteiger partial charge on any atom is -0.327 e. The molecule has 84 valence electrons. The van der Waals surface area contributed by atoms with Gasteiger partial charge in [0.25, 0.3) is 0 Å². The van der Waals surface area contributed by atoms with Gasteiger partial charge in [-0.1, -0.05) is 19.8 Å². The van der Waals surface area contributed by atoms with Crippen LogP contribution < -0.4 is 5.73 Å². The first-order valence-corrected chi connectivity index (χ1v) is 6.18. The van der Waals surface area contributed by atoms with Gasteiger partial charge >= 0.3 is 0 Å². The summed E-state index contributed by atoms with van der Waals surface area (Å²) in [5.41, 5.74) is 6.05. The first kappa shape index (κ1) is 12.0. The maximum Gasteiger partial charge on any atom is 0.0247 e. The highest BCUT2D eigenvalue weighted by Crippen LogP contribution is 2.22. The van der Waals surface area contributed by atoms with Crippen molar-refractivity contribution in [2.45, 2.75) is 71.0 Å². The fourth-order valence-electron chi connectivity index (χ4n) is 2.68. The van der Waals surface area contributed by atoms with Crippen LogP contribution in [0.5, 0.6) is 0 Å². The zero-order chi connectivity index (χ0) is 10.6. The smallest absolute Gasteiger partial charge is 0.0247 e. The molecule has 0 aromatic heterocycles. The summed E-state index contributed by atoms with van der Waals surface area (Å²) in [6.45, 7) is 8.03. The molecule has 2 N–H and O–H groups in total. The monoisotopic (exact) mass is 198 g/mol. The first-order valence-electron chi connectivity index (χ1n) is 6.18. The Balaban J connectivity index is 2.53. The van der Waals surface area contributed by atoms with Gasteiger partial charge < -0.3 is 5.73 Å². The lowest BCUT2D eigenvalue weighted by Crippen LogP contribution is -2.52. The Morgan fingerprint density at radius 2 is 2.07 bits per heavy atom. The molecule has 0 saturated carbocycles. The molecule has 0 aromatic rings. The lowest BCUT2D eigenvalue weighted by atomic mass is 9.94. The van der Waals surface area contributed by atoms with Gasteiger partial charge in [0.15, 0.2) is 0 Å². The van der Waals surface area contributed by atoms with Gasteiger partial charge in [0.2, 0.25) is 0 Å². The number of hydrogen-bond acceptors (Lipinski definition) is 2. The Hall–Kier alpha value is -0.0800. The fourth-order valence-corrected chi connectivity index (χ4v) is 2.68. The largest absolute Gasteiger partial charge is 0.327 e. The molecule has 1 heterocycles. The van der Waals surface area contributed by atoms with E-state index in [9.17, 15) is 0 Å². The summed E-state index contributed by atoms with van der Waals surface area (Å²) >= 11 is 0. The molecule has 0 aliphatic carbocycles. The van der Waals surface area contributed by atoms with Gasteiger partial charge in [-0.05, 0) is 39.7 Å². The van der Waals surface area contributed by atoms with Crippen LogP contribution in [0.3, 0.4) is 0 Å². The van der Waals surface area contributed by atoms with Crippen LogP contribution in [0.1, 0.15) is 52.9 Å². The molecule has 1 aliphatic heterocycles. The molecule has 14 heavy (non-hydrogen) atoms. The van der Waals surface area contributed by atoms with E-state index in [1.54, 1.807) is 0 Å². The second-order valence-corrected chi connectivity index (χ2v) is 4.80. The summed E-state index contributed by atoms with van der Waals surface area (Å²) < 4.78 is 0. The fraction of sp³-hybridized carbons (Fsp3) is 1.00. The topological polar surface area (TPSA) is 29.3 Å². The van der Waals surface area contributed by atoms with Gasteiger partial charge in [-0.25, -0.2) is 0 Å². The third-order valence-electron chi connectivity index (χ3n) is 3.47. The predicted octanol–water partition coefficient (Wildman–Crippen LogP) is 2.38. The van der Waals surface area contributed by atoms with E-state index in [4.69, 9.17) is 5.73 Å². The Kier molecular flexibility index (Phi) is 4.90. The van der Waals surface area contributed by atoms with E-state index in [1.807, 2.05) is 0 Å². The van der Waals surface area contributed by atoms with Gasteiger partial charge in [0.05, 0.1) is 0 Å². The summed E-state index contributed by atoms with van der Waals surface area (Å²) in [4.78, 5) is 2.64. The Labute approximate surface area is 88.8 Å². The molecule has 1 rings (SSSR count). The molecule has 0 spiro atoms. The summed E-state index contributed by atoms with van der Waals surface area (Å²) in [5, 5.41) is 0. The lowest BCUT2D eigenvalue weighted by Gasteiger charge is -2.42. The molecular formula is C12H26N2. The number of rotatable bonds is 4. The van der Waals surface area contributed by atoms with Gasteiger partial charge in [-0.3, -0.25) is 4.90 Å². The van der Waals surface area contributed by atoms with E-state index >= 15 is 0 Å². The highest BCUT2D eigenvalue weighted by Gasteiger charge is 2.28. The highest BCUT2D eigenvalue weighted by atomic mass is 15.2. The first-order chi connectivity index (χ1) is 6.66.